The van der Waals surface area contributed by atoms with Gasteiger partial charge in [0.2, 0.25) is 5.91 Å². The molecule has 0 bridgehead atoms. The number of benzene rings is 2. The molecule has 2 aromatic carbocycles. The first-order valence-corrected chi connectivity index (χ1v) is 7.78. The summed E-state index contributed by atoms with van der Waals surface area (Å²) in [6.07, 6.45) is 1.60. The summed E-state index contributed by atoms with van der Waals surface area (Å²) >= 11 is 0. The molecule has 1 N–H and O–H groups in total. The number of rotatable bonds is 3. The van der Waals surface area contributed by atoms with Crippen LogP contribution in [0.15, 0.2) is 42.5 Å². The van der Waals surface area contributed by atoms with Crippen molar-refractivity contribution in [2.24, 2.45) is 5.92 Å². The van der Waals surface area contributed by atoms with Gasteiger partial charge >= 0.3 is 0 Å². The molecular weight excluding hydrogens is 258 g/mol. The molecule has 2 heteroatoms. The van der Waals surface area contributed by atoms with E-state index in [1.54, 1.807) is 0 Å². The Bertz CT molecular complexity index is 671. The first-order chi connectivity index (χ1) is 10.0. The lowest BCUT2D eigenvalue weighted by Crippen LogP contribution is -2.39. The van der Waals surface area contributed by atoms with Crippen LogP contribution in [-0.2, 0) is 10.2 Å². The zero-order valence-corrected chi connectivity index (χ0v) is 13.0. The molecule has 0 radical (unpaired) electrons. The maximum absolute atomic E-state index is 12.0. The fraction of sp³-hybridized carbons (Fsp3) is 0.421. The molecule has 3 rings (SSSR count). The van der Waals surface area contributed by atoms with Crippen LogP contribution in [0.3, 0.4) is 0 Å². The predicted octanol–water partition coefficient (Wildman–Crippen LogP) is 4.03. The van der Waals surface area contributed by atoms with Gasteiger partial charge in [-0.15, -0.1) is 0 Å². The van der Waals surface area contributed by atoms with Crippen LogP contribution in [0.2, 0.25) is 0 Å². The van der Waals surface area contributed by atoms with E-state index in [4.69, 9.17) is 0 Å². The molecule has 0 aliphatic carbocycles. The SMILES string of the molecule is CC(C)CC1NC(=O)CC1(C)c1cccc2ccccc12. The third-order valence-corrected chi connectivity index (χ3v) is 4.74. The quantitative estimate of drug-likeness (QED) is 0.904. The summed E-state index contributed by atoms with van der Waals surface area (Å²) in [6, 6.07) is 15.1. The second-order valence-corrected chi connectivity index (χ2v) is 6.87. The lowest BCUT2D eigenvalue weighted by molar-refractivity contribution is -0.119. The second-order valence-electron chi connectivity index (χ2n) is 6.87. The van der Waals surface area contributed by atoms with Crippen molar-refractivity contribution in [2.45, 2.75) is 45.1 Å². The van der Waals surface area contributed by atoms with Gasteiger partial charge in [-0.1, -0.05) is 63.2 Å². The normalized spacial score (nSPS) is 25.5. The Morgan fingerprint density at radius 3 is 2.67 bits per heavy atom. The Morgan fingerprint density at radius 2 is 1.90 bits per heavy atom. The van der Waals surface area contributed by atoms with Gasteiger partial charge in [0.25, 0.3) is 0 Å². The van der Waals surface area contributed by atoms with Crippen molar-refractivity contribution in [2.75, 3.05) is 0 Å². The smallest absolute Gasteiger partial charge is 0.221 e. The summed E-state index contributed by atoms with van der Waals surface area (Å²) in [5, 5.41) is 5.72. The van der Waals surface area contributed by atoms with Crippen molar-refractivity contribution >= 4 is 16.7 Å². The van der Waals surface area contributed by atoms with E-state index in [0.717, 1.165) is 6.42 Å². The topological polar surface area (TPSA) is 29.1 Å². The van der Waals surface area contributed by atoms with Gasteiger partial charge in [0.1, 0.15) is 0 Å². The van der Waals surface area contributed by atoms with E-state index in [0.29, 0.717) is 12.3 Å². The molecule has 1 amide bonds. The Kier molecular flexibility index (Phi) is 3.48. The van der Waals surface area contributed by atoms with Gasteiger partial charge in [-0.2, -0.15) is 0 Å². The Labute approximate surface area is 126 Å². The van der Waals surface area contributed by atoms with Crippen LogP contribution in [-0.4, -0.2) is 11.9 Å². The van der Waals surface area contributed by atoms with Gasteiger partial charge in [-0.05, 0) is 28.7 Å². The van der Waals surface area contributed by atoms with Gasteiger partial charge in [0.15, 0.2) is 0 Å². The monoisotopic (exact) mass is 281 g/mol. The van der Waals surface area contributed by atoms with Gasteiger partial charge in [0, 0.05) is 17.9 Å². The zero-order chi connectivity index (χ0) is 15.0. The molecule has 2 unspecified atom stereocenters. The molecule has 2 nitrogen and oxygen atoms in total. The standard InChI is InChI=1S/C19H23NO/c1-13(2)11-17-19(3,12-18(21)20-17)16-10-6-8-14-7-4-5-9-15(14)16/h4-10,13,17H,11-12H2,1-3H3,(H,20,21). The molecular formula is C19H23NO. The summed E-state index contributed by atoms with van der Waals surface area (Å²) in [6.45, 7) is 6.67. The van der Waals surface area contributed by atoms with Crippen LogP contribution in [0.25, 0.3) is 10.8 Å². The molecule has 21 heavy (non-hydrogen) atoms. The van der Waals surface area contributed by atoms with E-state index in [1.807, 2.05) is 0 Å². The van der Waals surface area contributed by atoms with Gasteiger partial charge in [-0.25, -0.2) is 0 Å². The van der Waals surface area contributed by atoms with Crippen LogP contribution in [0.5, 0.6) is 0 Å². The van der Waals surface area contributed by atoms with Crippen LogP contribution in [0, 0.1) is 5.92 Å². The number of fused-ring (bicyclic) bond motifs is 1. The first-order valence-electron chi connectivity index (χ1n) is 7.78. The Hall–Kier alpha value is -1.83. The Morgan fingerprint density at radius 1 is 1.19 bits per heavy atom. The zero-order valence-electron chi connectivity index (χ0n) is 13.0. The molecule has 0 aromatic heterocycles. The van der Waals surface area contributed by atoms with Crippen LogP contribution in [0.4, 0.5) is 0 Å². The third-order valence-electron chi connectivity index (χ3n) is 4.74. The number of hydrogen-bond donors (Lipinski definition) is 1. The highest BCUT2D eigenvalue weighted by Gasteiger charge is 2.44. The van der Waals surface area contributed by atoms with E-state index in [2.05, 4.69) is 68.6 Å². The number of carbonyl (C=O) groups is 1. The maximum atomic E-state index is 12.0. The minimum atomic E-state index is -0.123. The number of hydrogen-bond acceptors (Lipinski definition) is 1. The molecule has 1 saturated heterocycles. The molecule has 2 atom stereocenters. The molecule has 1 heterocycles. The van der Waals surface area contributed by atoms with Crippen molar-refractivity contribution in [3.05, 3.63) is 48.0 Å². The number of carbonyl (C=O) groups excluding carboxylic acids is 1. The first kappa shape index (κ1) is 14.1. The largest absolute Gasteiger partial charge is 0.352 e. The highest BCUT2D eigenvalue weighted by molar-refractivity contribution is 5.89. The lowest BCUT2D eigenvalue weighted by atomic mass is 9.72. The van der Waals surface area contributed by atoms with Gasteiger partial charge < -0.3 is 5.32 Å². The van der Waals surface area contributed by atoms with Crippen LogP contribution in [0.1, 0.15) is 39.2 Å². The van der Waals surface area contributed by atoms with E-state index in [1.165, 1.54) is 16.3 Å². The van der Waals surface area contributed by atoms with Crippen LogP contribution < -0.4 is 5.32 Å². The van der Waals surface area contributed by atoms with E-state index < -0.39 is 0 Å². The summed E-state index contributed by atoms with van der Waals surface area (Å²) in [4.78, 5) is 12.0. The van der Waals surface area contributed by atoms with E-state index >= 15 is 0 Å². The molecule has 1 fully saturated rings. The number of amides is 1. The fourth-order valence-corrected chi connectivity index (χ4v) is 3.66. The minimum absolute atomic E-state index is 0.123. The van der Waals surface area contributed by atoms with Gasteiger partial charge in [-0.3, -0.25) is 4.79 Å². The maximum Gasteiger partial charge on any atom is 0.221 e. The average molecular weight is 281 g/mol. The van der Waals surface area contributed by atoms with E-state index in [9.17, 15) is 4.79 Å². The predicted molar refractivity (Wildman–Crippen MR) is 87.3 cm³/mol. The average Bonchev–Trinajstić information content (AvgIpc) is 2.73. The Balaban J connectivity index is 2.12. The molecule has 1 aliphatic heterocycles. The summed E-state index contributed by atoms with van der Waals surface area (Å²) in [5.41, 5.74) is 1.17. The van der Waals surface area contributed by atoms with Crippen molar-refractivity contribution in [3.63, 3.8) is 0 Å². The third kappa shape index (κ3) is 2.44. The van der Waals surface area contributed by atoms with Crippen molar-refractivity contribution in [1.82, 2.24) is 5.32 Å². The molecule has 2 aromatic rings. The van der Waals surface area contributed by atoms with Gasteiger partial charge in [0.05, 0.1) is 0 Å². The fourth-order valence-electron chi connectivity index (χ4n) is 3.66. The summed E-state index contributed by atoms with van der Waals surface area (Å²) < 4.78 is 0. The molecule has 0 saturated carbocycles. The van der Waals surface area contributed by atoms with Crippen molar-refractivity contribution in [1.29, 1.82) is 0 Å². The van der Waals surface area contributed by atoms with E-state index in [-0.39, 0.29) is 17.4 Å². The molecule has 110 valence electrons. The lowest BCUT2D eigenvalue weighted by Gasteiger charge is -2.33. The van der Waals surface area contributed by atoms with Crippen molar-refractivity contribution in [3.8, 4) is 0 Å². The summed E-state index contributed by atoms with van der Waals surface area (Å²) in [5.74, 6) is 0.749. The highest BCUT2D eigenvalue weighted by Crippen LogP contribution is 2.41. The minimum Gasteiger partial charge on any atom is -0.352 e. The molecule has 0 spiro atoms. The van der Waals surface area contributed by atoms with Crippen molar-refractivity contribution < 1.29 is 4.79 Å². The van der Waals surface area contributed by atoms with Crippen LogP contribution >= 0.6 is 0 Å². The second kappa shape index (κ2) is 5.18. The highest BCUT2D eigenvalue weighted by atomic mass is 16.2. The molecule has 1 aliphatic rings. The number of nitrogens with one attached hydrogen (secondary N) is 1. The summed E-state index contributed by atoms with van der Waals surface area (Å²) in [7, 11) is 0.